The summed E-state index contributed by atoms with van der Waals surface area (Å²) in [6.07, 6.45) is 2.32. The first-order valence-corrected chi connectivity index (χ1v) is 7.42. The molecule has 1 saturated heterocycles. The maximum atomic E-state index is 10.1. The van der Waals surface area contributed by atoms with Crippen LogP contribution in [0.4, 0.5) is 0 Å². The van der Waals surface area contributed by atoms with Crippen molar-refractivity contribution in [1.82, 2.24) is 0 Å². The van der Waals surface area contributed by atoms with Crippen LogP contribution in [0.5, 0.6) is 11.5 Å². The summed E-state index contributed by atoms with van der Waals surface area (Å²) in [6.45, 7) is 0.563. The van der Waals surface area contributed by atoms with Gasteiger partial charge in [-0.25, -0.2) is 0 Å². The fourth-order valence-corrected chi connectivity index (χ4v) is 2.66. The van der Waals surface area contributed by atoms with E-state index in [1.54, 1.807) is 12.1 Å². The first-order valence-electron chi connectivity index (χ1n) is 7.42. The summed E-state index contributed by atoms with van der Waals surface area (Å²) in [4.78, 5) is 0. The molecular weight excluding hydrogens is 272 g/mol. The maximum absolute atomic E-state index is 10.1. The molecule has 118 valence electrons. The molecule has 5 nitrogen and oxygen atoms in total. The Morgan fingerprint density at radius 1 is 1.43 bits per heavy atom. The third-order valence-corrected chi connectivity index (χ3v) is 3.88. The van der Waals surface area contributed by atoms with Crippen LogP contribution in [0, 0.1) is 0 Å². The van der Waals surface area contributed by atoms with Crippen LogP contribution in [-0.4, -0.2) is 47.3 Å². The Morgan fingerprint density at radius 3 is 2.95 bits per heavy atom. The maximum Gasteiger partial charge on any atom is 0.160 e. The summed E-state index contributed by atoms with van der Waals surface area (Å²) in [5.74, 6) is 0.562. The van der Waals surface area contributed by atoms with Gasteiger partial charge in [-0.05, 0) is 49.8 Å². The predicted molar refractivity (Wildman–Crippen MR) is 78.6 cm³/mol. The normalized spacial score (nSPS) is 23.8. The molecular formula is C16H24O5. The largest absolute Gasteiger partial charge is 0.504 e. The molecule has 21 heavy (non-hydrogen) atoms. The van der Waals surface area contributed by atoms with Gasteiger partial charge in [0.2, 0.25) is 0 Å². The third-order valence-electron chi connectivity index (χ3n) is 3.88. The van der Waals surface area contributed by atoms with E-state index in [0.29, 0.717) is 44.5 Å². The number of aromatic hydroxyl groups is 1. The van der Waals surface area contributed by atoms with Crippen LogP contribution in [0.3, 0.4) is 0 Å². The van der Waals surface area contributed by atoms with Gasteiger partial charge in [0.1, 0.15) is 0 Å². The lowest BCUT2D eigenvalue weighted by Gasteiger charge is -2.28. The van der Waals surface area contributed by atoms with Crippen LogP contribution in [0.2, 0.25) is 0 Å². The van der Waals surface area contributed by atoms with Crippen molar-refractivity contribution in [3.8, 4) is 11.5 Å². The van der Waals surface area contributed by atoms with Gasteiger partial charge in [-0.3, -0.25) is 0 Å². The van der Waals surface area contributed by atoms with Crippen molar-refractivity contribution in [2.75, 3.05) is 13.7 Å². The number of ether oxygens (including phenoxy) is 2. The van der Waals surface area contributed by atoms with E-state index in [1.807, 2.05) is 6.07 Å². The minimum Gasteiger partial charge on any atom is -0.504 e. The lowest BCUT2D eigenvalue weighted by molar-refractivity contribution is -0.0618. The molecule has 0 bridgehead atoms. The van der Waals surface area contributed by atoms with E-state index in [9.17, 15) is 15.3 Å². The second kappa shape index (κ2) is 7.64. The predicted octanol–water partition coefficient (Wildman–Crippen LogP) is 1.62. The Bertz CT molecular complexity index is 448. The van der Waals surface area contributed by atoms with Gasteiger partial charge in [0.15, 0.2) is 11.5 Å². The van der Waals surface area contributed by atoms with Crippen LogP contribution in [-0.2, 0) is 11.2 Å². The molecule has 2 rings (SSSR count). The smallest absolute Gasteiger partial charge is 0.160 e. The minimum absolute atomic E-state index is 0.0573. The van der Waals surface area contributed by atoms with Crippen molar-refractivity contribution < 1.29 is 24.8 Å². The molecule has 0 amide bonds. The van der Waals surface area contributed by atoms with E-state index in [1.165, 1.54) is 7.11 Å². The zero-order valence-electron chi connectivity index (χ0n) is 12.4. The van der Waals surface area contributed by atoms with Crippen LogP contribution in [0.25, 0.3) is 0 Å². The summed E-state index contributed by atoms with van der Waals surface area (Å²) < 4.78 is 10.6. The lowest BCUT2D eigenvalue weighted by Crippen LogP contribution is -2.31. The van der Waals surface area contributed by atoms with Crippen LogP contribution < -0.4 is 4.74 Å². The molecule has 5 heteroatoms. The van der Waals surface area contributed by atoms with E-state index < -0.39 is 6.10 Å². The SMILES string of the molecule is COc1cc(CCC(O)CC2CC(O)CCO2)ccc1O. The van der Waals surface area contributed by atoms with E-state index >= 15 is 0 Å². The van der Waals surface area contributed by atoms with Gasteiger partial charge in [0, 0.05) is 6.61 Å². The van der Waals surface area contributed by atoms with Crippen LogP contribution >= 0.6 is 0 Å². The molecule has 1 fully saturated rings. The zero-order chi connectivity index (χ0) is 15.2. The molecule has 1 heterocycles. The number of phenolic OH excluding ortho intramolecular Hbond substituents is 1. The molecule has 1 aromatic rings. The molecule has 1 aliphatic heterocycles. The summed E-state index contributed by atoms with van der Waals surface area (Å²) >= 11 is 0. The Kier molecular flexibility index (Phi) is 5.85. The number of rotatable bonds is 6. The number of aliphatic hydroxyl groups is 2. The summed E-state index contributed by atoms with van der Waals surface area (Å²) in [6, 6.07) is 5.20. The van der Waals surface area contributed by atoms with E-state index in [-0.39, 0.29) is 18.0 Å². The highest BCUT2D eigenvalue weighted by Gasteiger charge is 2.23. The minimum atomic E-state index is -0.458. The number of aryl methyl sites for hydroxylation is 1. The Morgan fingerprint density at radius 2 is 2.24 bits per heavy atom. The first-order chi connectivity index (χ1) is 10.1. The van der Waals surface area contributed by atoms with Gasteiger partial charge in [-0.1, -0.05) is 6.07 Å². The van der Waals surface area contributed by atoms with Crippen molar-refractivity contribution in [1.29, 1.82) is 0 Å². The monoisotopic (exact) mass is 296 g/mol. The number of phenols is 1. The lowest BCUT2D eigenvalue weighted by atomic mass is 9.97. The highest BCUT2D eigenvalue weighted by atomic mass is 16.5. The number of hydrogen-bond acceptors (Lipinski definition) is 5. The number of methoxy groups -OCH3 is 1. The Labute approximate surface area is 125 Å². The second-order valence-corrected chi connectivity index (χ2v) is 5.61. The average molecular weight is 296 g/mol. The molecule has 0 spiro atoms. The number of benzene rings is 1. The molecule has 3 unspecified atom stereocenters. The molecule has 0 aromatic heterocycles. The molecule has 0 aliphatic carbocycles. The van der Waals surface area contributed by atoms with Crippen molar-refractivity contribution in [3.63, 3.8) is 0 Å². The quantitative estimate of drug-likeness (QED) is 0.743. The highest BCUT2D eigenvalue weighted by molar-refractivity contribution is 5.41. The van der Waals surface area contributed by atoms with Gasteiger partial charge >= 0.3 is 0 Å². The van der Waals surface area contributed by atoms with E-state index in [4.69, 9.17) is 9.47 Å². The Balaban J connectivity index is 1.79. The van der Waals surface area contributed by atoms with Gasteiger partial charge < -0.3 is 24.8 Å². The number of hydrogen-bond donors (Lipinski definition) is 3. The molecule has 0 radical (unpaired) electrons. The van der Waals surface area contributed by atoms with Gasteiger partial charge in [-0.15, -0.1) is 0 Å². The van der Waals surface area contributed by atoms with E-state index in [0.717, 1.165) is 5.56 Å². The molecule has 0 saturated carbocycles. The zero-order valence-corrected chi connectivity index (χ0v) is 12.4. The molecule has 1 aromatic carbocycles. The van der Waals surface area contributed by atoms with Gasteiger partial charge in [0.05, 0.1) is 25.4 Å². The fourth-order valence-electron chi connectivity index (χ4n) is 2.66. The first kappa shape index (κ1) is 16.1. The van der Waals surface area contributed by atoms with Crippen molar-refractivity contribution >= 4 is 0 Å². The third kappa shape index (κ3) is 4.88. The van der Waals surface area contributed by atoms with Gasteiger partial charge in [0.25, 0.3) is 0 Å². The molecule has 1 aliphatic rings. The second-order valence-electron chi connectivity index (χ2n) is 5.61. The topological polar surface area (TPSA) is 79.2 Å². The summed E-state index contributed by atoms with van der Waals surface area (Å²) in [5, 5.41) is 29.2. The number of aliphatic hydroxyl groups excluding tert-OH is 2. The summed E-state index contributed by atoms with van der Waals surface area (Å²) in [5.41, 5.74) is 1.01. The van der Waals surface area contributed by atoms with Crippen LogP contribution in [0.15, 0.2) is 18.2 Å². The van der Waals surface area contributed by atoms with Crippen molar-refractivity contribution in [2.24, 2.45) is 0 Å². The van der Waals surface area contributed by atoms with Crippen LogP contribution in [0.1, 0.15) is 31.2 Å². The summed E-state index contributed by atoms with van der Waals surface area (Å²) in [7, 11) is 1.51. The Hall–Kier alpha value is -1.30. The average Bonchev–Trinajstić information content (AvgIpc) is 2.46. The highest BCUT2D eigenvalue weighted by Crippen LogP contribution is 2.27. The van der Waals surface area contributed by atoms with Crippen molar-refractivity contribution in [3.05, 3.63) is 23.8 Å². The molecule has 3 atom stereocenters. The standard InChI is InChI=1S/C16H24O5/c1-20-16-8-11(3-5-15(16)19)2-4-12(17)9-14-10-13(18)6-7-21-14/h3,5,8,12-14,17-19H,2,4,6-7,9-10H2,1H3. The fraction of sp³-hybridized carbons (Fsp3) is 0.625. The van der Waals surface area contributed by atoms with Crippen molar-refractivity contribution in [2.45, 2.75) is 50.4 Å². The van der Waals surface area contributed by atoms with Gasteiger partial charge in [-0.2, -0.15) is 0 Å². The van der Waals surface area contributed by atoms with E-state index in [2.05, 4.69) is 0 Å². The molecule has 3 N–H and O–H groups in total.